The molecule has 0 bridgehead atoms. The molecule has 4 aliphatic rings. The lowest BCUT2D eigenvalue weighted by Crippen LogP contribution is -2.58. The first kappa shape index (κ1) is 16.8. The highest BCUT2D eigenvalue weighted by molar-refractivity contribution is 5.80. The summed E-state index contributed by atoms with van der Waals surface area (Å²) in [6.45, 7) is 6.30. The molecule has 0 aliphatic heterocycles. The quantitative estimate of drug-likeness (QED) is 0.795. The molecule has 0 spiro atoms. The van der Waals surface area contributed by atoms with Crippen LogP contribution in [0.4, 0.5) is 0 Å². The Morgan fingerprint density at radius 1 is 1.12 bits per heavy atom. The topological polar surface area (TPSA) is 54.4 Å². The molecule has 0 aromatic rings. The summed E-state index contributed by atoms with van der Waals surface area (Å²) in [6.07, 6.45) is 7.36. The second kappa shape index (κ2) is 5.40. The van der Waals surface area contributed by atoms with Crippen LogP contribution in [-0.2, 0) is 9.59 Å². The predicted molar refractivity (Wildman–Crippen MR) is 92.3 cm³/mol. The van der Waals surface area contributed by atoms with Gasteiger partial charge in [0.05, 0.1) is 6.10 Å². The number of rotatable bonds is 1. The van der Waals surface area contributed by atoms with E-state index in [1.807, 2.05) is 0 Å². The van der Waals surface area contributed by atoms with Crippen molar-refractivity contribution >= 4 is 11.6 Å². The normalized spacial score (nSPS) is 53.9. The Labute approximate surface area is 145 Å². The van der Waals surface area contributed by atoms with Crippen molar-refractivity contribution in [1.82, 2.24) is 0 Å². The number of Topliss-reactive ketones (excluding diaryl/α,β-unsaturated/α-hetero) is 2. The average molecular weight is 332 g/mol. The van der Waals surface area contributed by atoms with Crippen molar-refractivity contribution in [3.63, 3.8) is 0 Å². The van der Waals surface area contributed by atoms with Crippen molar-refractivity contribution in [3.8, 4) is 0 Å². The highest BCUT2D eigenvalue weighted by atomic mass is 16.3. The van der Waals surface area contributed by atoms with E-state index in [4.69, 9.17) is 0 Å². The van der Waals surface area contributed by atoms with Crippen LogP contribution in [0.25, 0.3) is 0 Å². The Hall–Kier alpha value is -0.700. The molecule has 3 heteroatoms. The van der Waals surface area contributed by atoms with Crippen LogP contribution < -0.4 is 0 Å². The van der Waals surface area contributed by atoms with E-state index in [2.05, 4.69) is 13.8 Å². The molecule has 4 saturated carbocycles. The molecular formula is C21H32O3. The summed E-state index contributed by atoms with van der Waals surface area (Å²) in [5, 5.41) is 11.1. The lowest BCUT2D eigenvalue weighted by atomic mass is 9.44. The van der Waals surface area contributed by atoms with E-state index >= 15 is 0 Å². The van der Waals surface area contributed by atoms with Gasteiger partial charge in [0.25, 0.3) is 0 Å². The molecule has 3 nitrogen and oxygen atoms in total. The molecule has 0 saturated heterocycles. The number of carbonyl (C=O) groups excluding carboxylic acids is 2. The Kier molecular flexibility index (Phi) is 3.77. The van der Waals surface area contributed by atoms with Gasteiger partial charge in [-0.2, -0.15) is 0 Å². The fourth-order valence-corrected chi connectivity index (χ4v) is 7.67. The minimum Gasteiger partial charge on any atom is -0.393 e. The minimum atomic E-state index is -0.367. The Morgan fingerprint density at radius 2 is 1.88 bits per heavy atom. The number of fused-ring (bicyclic) bond motifs is 5. The van der Waals surface area contributed by atoms with E-state index in [-0.39, 0.29) is 28.6 Å². The standard InChI is InChI=1S/C21H32O3/c1-12(22)16-6-7-17-15-5-4-13-10-14(23)8-9-20(13,2)18(15)11-19(24)21(16,17)3/h13,15-19,24H,4-11H2,1-3H3. The molecule has 0 heterocycles. The number of aliphatic hydroxyl groups is 1. The summed E-state index contributed by atoms with van der Waals surface area (Å²) in [5.41, 5.74) is -0.00582. The van der Waals surface area contributed by atoms with Gasteiger partial charge in [0.1, 0.15) is 11.6 Å². The van der Waals surface area contributed by atoms with Crippen LogP contribution >= 0.6 is 0 Å². The van der Waals surface area contributed by atoms with Crippen molar-refractivity contribution in [2.75, 3.05) is 0 Å². The van der Waals surface area contributed by atoms with Crippen molar-refractivity contribution in [1.29, 1.82) is 0 Å². The van der Waals surface area contributed by atoms with Gasteiger partial charge in [0.2, 0.25) is 0 Å². The maximum Gasteiger partial charge on any atom is 0.133 e. The monoisotopic (exact) mass is 332 g/mol. The zero-order valence-electron chi connectivity index (χ0n) is 15.4. The number of hydrogen-bond acceptors (Lipinski definition) is 3. The van der Waals surface area contributed by atoms with Gasteiger partial charge < -0.3 is 5.11 Å². The molecule has 1 N–H and O–H groups in total. The van der Waals surface area contributed by atoms with E-state index in [0.29, 0.717) is 29.5 Å². The summed E-state index contributed by atoms with van der Waals surface area (Å²) in [6, 6.07) is 0. The first-order chi connectivity index (χ1) is 11.3. The third kappa shape index (κ3) is 2.06. The second-order valence-electron chi connectivity index (χ2n) is 9.76. The molecule has 0 aromatic carbocycles. The average Bonchev–Trinajstić information content (AvgIpc) is 2.88. The molecule has 8 atom stereocenters. The number of hydrogen-bond donors (Lipinski definition) is 1. The van der Waals surface area contributed by atoms with Gasteiger partial charge in [0, 0.05) is 24.2 Å². The zero-order chi connectivity index (χ0) is 17.3. The van der Waals surface area contributed by atoms with Gasteiger partial charge in [-0.15, -0.1) is 0 Å². The Morgan fingerprint density at radius 3 is 2.58 bits per heavy atom. The molecule has 4 fully saturated rings. The fraction of sp³-hybridized carbons (Fsp3) is 0.905. The van der Waals surface area contributed by atoms with E-state index in [1.54, 1.807) is 6.92 Å². The Balaban J connectivity index is 1.67. The van der Waals surface area contributed by atoms with Crippen molar-refractivity contribution in [3.05, 3.63) is 0 Å². The summed E-state index contributed by atoms with van der Waals surface area (Å²) >= 11 is 0. The lowest BCUT2D eigenvalue weighted by molar-refractivity contribution is -0.170. The summed E-state index contributed by atoms with van der Waals surface area (Å²) in [7, 11) is 0. The van der Waals surface area contributed by atoms with Crippen molar-refractivity contribution in [2.24, 2.45) is 40.4 Å². The van der Waals surface area contributed by atoms with Gasteiger partial charge >= 0.3 is 0 Å². The molecule has 8 unspecified atom stereocenters. The van der Waals surface area contributed by atoms with E-state index in [1.165, 1.54) is 6.42 Å². The van der Waals surface area contributed by atoms with Crippen LogP contribution in [0.3, 0.4) is 0 Å². The highest BCUT2D eigenvalue weighted by Gasteiger charge is 2.63. The molecule has 4 rings (SSSR count). The number of aliphatic hydroxyl groups excluding tert-OH is 1. The summed E-state index contributed by atoms with van der Waals surface area (Å²) in [5.74, 6) is 2.91. The van der Waals surface area contributed by atoms with Gasteiger partial charge in [0.15, 0.2) is 0 Å². The number of ketones is 2. The number of carbonyl (C=O) groups is 2. The third-order valence-corrected chi connectivity index (χ3v) is 9.08. The molecule has 24 heavy (non-hydrogen) atoms. The third-order valence-electron chi connectivity index (χ3n) is 9.08. The lowest BCUT2D eigenvalue weighted by Gasteiger charge is -2.61. The second-order valence-corrected chi connectivity index (χ2v) is 9.76. The summed E-state index contributed by atoms with van der Waals surface area (Å²) in [4.78, 5) is 24.1. The van der Waals surface area contributed by atoms with Crippen LogP contribution in [0.1, 0.15) is 72.1 Å². The Bertz CT molecular complexity index is 569. The minimum absolute atomic E-state index is 0.0388. The molecular weight excluding hydrogens is 300 g/mol. The molecule has 0 radical (unpaired) electrons. The van der Waals surface area contributed by atoms with Crippen LogP contribution in [0.2, 0.25) is 0 Å². The fourth-order valence-electron chi connectivity index (χ4n) is 7.67. The van der Waals surface area contributed by atoms with Gasteiger partial charge in [-0.05, 0) is 74.5 Å². The van der Waals surface area contributed by atoms with Crippen LogP contribution in [0, 0.1) is 40.4 Å². The van der Waals surface area contributed by atoms with Crippen molar-refractivity contribution in [2.45, 2.75) is 78.2 Å². The van der Waals surface area contributed by atoms with Gasteiger partial charge in [-0.1, -0.05) is 13.8 Å². The molecule has 0 amide bonds. The molecule has 134 valence electrons. The van der Waals surface area contributed by atoms with Crippen molar-refractivity contribution < 1.29 is 14.7 Å². The van der Waals surface area contributed by atoms with E-state index < -0.39 is 0 Å². The zero-order valence-corrected chi connectivity index (χ0v) is 15.4. The summed E-state index contributed by atoms with van der Waals surface area (Å²) < 4.78 is 0. The van der Waals surface area contributed by atoms with Crippen LogP contribution in [0.15, 0.2) is 0 Å². The van der Waals surface area contributed by atoms with E-state index in [9.17, 15) is 14.7 Å². The molecule has 4 aliphatic carbocycles. The first-order valence-electron chi connectivity index (χ1n) is 9.98. The van der Waals surface area contributed by atoms with Gasteiger partial charge in [-0.3, -0.25) is 9.59 Å². The molecule has 0 aromatic heterocycles. The predicted octanol–water partition coefficient (Wildman–Crippen LogP) is 3.77. The maximum atomic E-state index is 12.2. The van der Waals surface area contributed by atoms with Gasteiger partial charge in [-0.25, -0.2) is 0 Å². The SMILES string of the molecule is CC(=O)C1CCC2C3CCC4CC(=O)CCC4(C)C3CC(O)C12C. The highest BCUT2D eigenvalue weighted by Crippen LogP contribution is 2.67. The maximum absolute atomic E-state index is 12.2. The van der Waals surface area contributed by atoms with E-state index in [0.717, 1.165) is 44.9 Å². The first-order valence-corrected chi connectivity index (χ1v) is 9.98. The van der Waals surface area contributed by atoms with Crippen LogP contribution in [0.5, 0.6) is 0 Å². The smallest absolute Gasteiger partial charge is 0.133 e. The largest absolute Gasteiger partial charge is 0.393 e. The van der Waals surface area contributed by atoms with Crippen LogP contribution in [-0.4, -0.2) is 22.8 Å².